The maximum atomic E-state index is 12.6. The molecule has 0 N–H and O–H groups in total. The van der Waals surface area contributed by atoms with Crippen LogP contribution in [0.1, 0.15) is 12.8 Å². The number of ether oxygens (including phenoxy) is 3. The summed E-state index contributed by atoms with van der Waals surface area (Å²) < 4.78 is 16.1. The van der Waals surface area contributed by atoms with Crippen LogP contribution < -0.4 is 9.47 Å². The number of methoxy groups -OCH3 is 2. The van der Waals surface area contributed by atoms with Gasteiger partial charge >= 0.3 is 0 Å². The monoisotopic (exact) mass is 362 g/mol. The fraction of sp³-hybridized carbons (Fsp3) is 0.579. The number of piperidine rings is 1. The van der Waals surface area contributed by atoms with Gasteiger partial charge in [-0.15, -0.1) is 0 Å². The van der Waals surface area contributed by atoms with Gasteiger partial charge in [0.05, 0.1) is 20.2 Å². The van der Waals surface area contributed by atoms with Gasteiger partial charge < -0.3 is 24.0 Å². The van der Waals surface area contributed by atoms with Crippen molar-refractivity contribution in [1.82, 2.24) is 9.80 Å². The van der Waals surface area contributed by atoms with Crippen LogP contribution in [0.4, 0.5) is 0 Å². The fourth-order valence-electron chi connectivity index (χ4n) is 3.44. The predicted octanol–water partition coefficient (Wildman–Crippen LogP) is 1.17. The maximum absolute atomic E-state index is 12.6. The van der Waals surface area contributed by atoms with E-state index in [0.717, 1.165) is 0 Å². The van der Waals surface area contributed by atoms with E-state index in [0.29, 0.717) is 50.5 Å². The zero-order valence-corrected chi connectivity index (χ0v) is 15.3. The first-order valence-electron chi connectivity index (χ1n) is 8.97. The van der Waals surface area contributed by atoms with Crippen molar-refractivity contribution < 1.29 is 23.8 Å². The number of likely N-dealkylation sites (tertiary alicyclic amines) is 2. The molecule has 0 aromatic heterocycles. The number of carbonyl (C=O) groups is 2. The van der Waals surface area contributed by atoms with Crippen LogP contribution in [0, 0.1) is 5.92 Å². The van der Waals surface area contributed by atoms with Crippen LogP contribution in [-0.2, 0) is 14.3 Å². The van der Waals surface area contributed by atoms with E-state index >= 15 is 0 Å². The molecule has 7 heteroatoms. The summed E-state index contributed by atoms with van der Waals surface area (Å²) in [5.41, 5.74) is 0. The Labute approximate surface area is 153 Å². The smallest absolute Gasteiger partial charge is 0.248 e. The number of hydrogen-bond acceptors (Lipinski definition) is 5. The van der Waals surface area contributed by atoms with Gasteiger partial charge in [0.2, 0.25) is 11.8 Å². The van der Waals surface area contributed by atoms with Gasteiger partial charge in [-0.2, -0.15) is 0 Å². The van der Waals surface area contributed by atoms with Gasteiger partial charge in [-0.25, -0.2) is 0 Å². The Morgan fingerprint density at radius 3 is 2.31 bits per heavy atom. The maximum Gasteiger partial charge on any atom is 0.248 e. The second-order valence-electron chi connectivity index (χ2n) is 6.72. The first kappa shape index (κ1) is 18.5. The number of rotatable bonds is 6. The Balaban J connectivity index is 1.43. The molecule has 0 atom stereocenters. The third-order valence-electron chi connectivity index (χ3n) is 4.99. The molecule has 2 amide bonds. The van der Waals surface area contributed by atoms with Crippen LogP contribution in [0.3, 0.4) is 0 Å². The van der Waals surface area contributed by atoms with Crippen molar-refractivity contribution in [3.63, 3.8) is 0 Å². The Morgan fingerprint density at radius 1 is 1.04 bits per heavy atom. The molecule has 26 heavy (non-hydrogen) atoms. The minimum Gasteiger partial charge on any atom is -0.493 e. The standard InChI is InChI=1S/C19H26N2O5/c1-24-13-18(22)20-9-7-14(8-10-20)19(23)21-11-15(12-21)26-17-6-4-3-5-16(17)25-2/h3-6,14-15H,7-13H2,1-2H3. The number of carbonyl (C=O) groups excluding carboxylic acids is 2. The highest BCUT2D eigenvalue weighted by Gasteiger charge is 2.37. The molecule has 0 spiro atoms. The molecule has 0 saturated carbocycles. The van der Waals surface area contributed by atoms with Gasteiger partial charge in [-0.05, 0) is 25.0 Å². The zero-order chi connectivity index (χ0) is 18.5. The molecular formula is C19H26N2O5. The normalized spacial score (nSPS) is 18.4. The summed E-state index contributed by atoms with van der Waals surface area (Å²) in [6.07, 6.45) is 1.42. The molecule has 0 unspecified atom stereocenters. The summed E-state index contributed by atoms with van der Waals surface area (Å²) in [7, 11) is 3.13. The van der Waals surface area contributed by atoms with E-state index < -0.39 is 0 Å². The third kappa shape index (κ3) is 4.09. The summed E-state index contributed by atoms with van der Waals surface area (Å²) in [5, 5.41) is 0. The Morgan fingerprint density at radius 2 is 1.69 bits per heavy atom. The van der Waals surface area contributed by atoms with Gasteiger partial charge in [-0.3, -0.25) is 9.59 Å². The second-order valence-corrected chi connectivity index (χ2v) is 6.72. The zero-order valence-electron chi connectivity index (χ0n) is 15.3. The van der Waals surface area contributed by atoms with E-state index in [9.17, 15) is 9.59 Å². The largest absolute Gasteiger partial charge is 0.493 e. The molecule has 7 nitrogen and oxygen atoms in total. The molecule has 2 saturated heterocycles. The highest BCUT2D eigenvalue weighted by Crippen LogP contribution is 2.30. The van der Waals surface area contributed by atoms with E-state index in [4.69, 9.17) is 14.2 Å². The van der Waals surface area contributed by atoms with Crippen molar-refractivity contribution in [3.05, 3.63) is 24.3 Å². The highest BCUT2D eigenvalue weighted by molar-refractivity contribution is 5.81. The molecule has 2 aliphatic heterocycles. The third-order valence-corrected chi connectivity index (χ3v) is 4.99. The number of hydrogen-bond donors (Lipinski definition) is 0. The van der Waals surface area contributed by atoms with Crippen LogP contribution in [0.15, 0.2) is 24.3 Å². The fourth-order valence-corrected chi connectivity index (χ4v) is 3.44. The van der Waals surface area contributed by atoms with Crippen LogP contribution in [0.5, 0.6) is 11.5 Å². The van der Waals surface area contributed by atoms with Crippen molar-refractivity contribution in [2.24, 2.45) is 5.92 Å². The van der Waals surface area contributed by atoms with E-state index in [-0.39, 0.29) is 30.4 Å². The molecule has 1 aromatic rings. The van der Waals surface area contributed by atoms with Crippen LogP contribution >= 0.6 is 0 Å². The lowest BCUT2D eigenvalue weighted by atomic mass is 9.93. The number of benzene rings is 1. The SMILES string of the molecule is COCC(=O)N1CCC(C(=O)N2CC(Oc3ccccc3OC)C2)CC1. The average molecular weight is 362 g/mol. The average Bonchev–Trinajstić information content (AvgIpc) is 2.64. The Bertz CT molecular complexity index is 637. The van der Waals surface area contributed by atoms with Crippen molar-refractivity contribution in [2.75, 3.05) is 47.0 Å². The van der Waals surface area contributed by atoms with E-state index in [1.54, 1.807) is 12.0 Å². The lowest BCUT2D eigenvalue weighted by Gasteiger charge is -2.42. The van der Waals surface area contributed by atoms with Crippen molar-refractivity contribution in [3.8, 4) is 11.5 Å². The van der Waals surface area contributed by atoms with Gasteiger partial charge in [0.15, 0.2) is 11.5 Å². The summed E-state index contributed by atoms with van der Waals surface area (Å²) in [6.45, 7) is 2.53. The summed E-state index contributed by atoms with van der Waals surface area (Å²) in [4.78, 5) is 28.1. The van der Waals surface area contributed by atoms with Crippen LogP contribution in [0.2, 0.25) is 0 Å². The quantitative estimate of drug-likeness (QED) is 0.760. The predicted molar refractivity (Wildman–Crippen MR) is 95.2 cm³/mol. The molecule has 0 radical (unpaired) electrons. The molecule has 142 valence electrons. The van der Waals surface area contributed by atoms with E-state index in [1.807, 2.05) is 29.2 Å². The lowest BCUT2D eigenvalue weighted by molar-refractivity contribution is -0.148. The Hall–Kier alpha value is -2.28. The van der Waals surface area contributed by atoms with Crippen LogP contribution in [0.25, 0.3) is 0 Å². The molecule has 2 fully saturated rings. The number of nitrogens with zero attached hydrogens (tertiary/aromatic N) is 2. The molecular weight excluding hydrogens is 336 g/mol. The number of para-hydroxylation sites is 2. The molecule has 0 bridgehead atoms. The topological polar surface area (TPSA) is 68.3 Å². The van der Waals surface area contributed by atoms with E-state index in [2.05, 4.69) is 0 Å². The van der Waals surface area contributed by atoms with Gasteiger partial charge in [0, 0.05) is 26.1 Å². The van der Waals surface area contributed by atoms with Gasteiger partial charge in [-0.1, -0.05) is 12.1 Å². The molecule has 2 aliphatic rings. The van der Waals surface area contributed by atoms with Crippen molar-refractivity contribution in [2.45, 2.75) is 18.9 Å². The minimum absolute atomic E-state index is 0.00128. The lowest BCUT2D eigenvalue weighted by Crippen LogP contribution is -2.58. The van der Waals surface area contributed by atoms with Gasteiger partial charge in [0.1, 0.15) is 12.7 Å². The second kappa shape index (κ2) is 8.40. The van der Waals surface area contributed by atoms with Crippen molar-refractivity contribution in [1.29, 1.82) is 0 Å². The number of amides is 2. The Kier molecular flexibility index (Phi) is 5.98. The minimum atomic E-state index is -0.00683. The summed E-state index contributed by atoms with van der Waals surface area (Å²) >= 11 is 0. The first-order valence-corrected chi connectivity index (χ1v) is 8.97. The van der Waals surface area contributed by atoms with Crippen molar-refractivity contribution >= 4 is 11.8 Å². The summed E-state index contributed by atoms with van der Waals surface area (Å²) in [5.74, 6) is 1.56. The van der Waals surface area contributed by atoms with Gasteiger partial charge in [0.25, 0.3) is 0 Å². The molecule has 3 rings (SSSR count). The first-order chi connectivity index (χ1) is 12.6. The summed E-state index contributed by atoms with van der Waals surface area (Å²) in [6, 6.07) is 7.52. The molecule has 2 heterocycles. The molecule has 1 aromatic carbocycles. The van der Waals surface area contributed by atoms with Crippen LogP contribution in [-0.4, -0.2) is 74.7 Å². The highest BCUT2D eigenvalue weighted by atomic mass is 16.5. The molecule has 0 aliphatic carbocycles. The van der Waals surface area contributed by atoms with E-state index in [1.165, 1.54) is 7.11 Å².